The summed E-state index contributed by atoms with van der Waals surface area (Å²) >= 11 is 1.13. The summed E-state index contributed by atoms with van der Waals surface area (Å²) in [6.07, 6.45) is 0. The first-order valence-electron chi connectivity index (χ1n) is 5.83. The lowest BCUT2D eigenvalue weighted by atomic mass is 10.2. The molecule has 0 aliphatic heterocycles. The van der Waals surface area contributed by atoms with E-state index in [-0.39, 0.29) is 17.2 Å². The molecule has 0 aliphatic rings. The summed E-state index contributed by atoms with van der Waals surface area (Å²) in [5.41, 5.74) is 0.573. The molecule has 0 unspecified atom stereocenters. The molecule has 0 aliphatic carbocycles. The van der Waals surface area contributed by atoms with Crippen LogP contribution in [0.5, 0.6) is 0 Å². The largest absolute Gasteiger partial charge is 0.478 e. The van der Waals surface area contributed by atoms with E-state index in [4.69, 9.17) is 5.11 Å². The minimum atomic E-state index is -1.08. The summed E-state index contributed by atoms with van der Waals surface area (Å²) in [6, 6.07) is 5.88. The first-order chi connectivity index (χ1) is 9.95. The highest BCUT2D eigenvalue weighted by Crippen LogP contribution is 2.17. The number of aromatic nitrogens is 1. The average molecular weight is 305 g/mol. The van der Waals surface area contributed by atoms with E-state index in [9.17, 15) is 14.4 Å². The van der Waals surface area contributed by atoms with Crippen molar-refractivity contribution in [1.82, 2.24) is 4.98 Å². The third kappa shape index (κ3) is 3.86. The van der Waals surface area contributed by atoms with Crippen LogP contribution in [-0.4, -0.2) is 27.9 Å². The molecule has 21 heavy (non-hydrogen) atoms. The number of nitrogens with one attached hydrogen (secondary N) is 2. The molecule has 8 heteroatoms. The quantitative estimate of drug-likeness (QED) is 0.801. The second-order valence-corrected chi connectivity index (χ2v) is 4.92. The topological polar surface area (TPSA) is 108 Å². The second kappa shape index (κ2) is 6.14. The maximum absolute atomic E-state index is 12.0. The smallest absolute Gasteiger partial charge is 0.335 e. The summed E-state index contributed by atoms with van der Waals surface area (Å²) < 4.78 is 0. The fourth-order valence-electron chi connectivity index (χ4n) is 1.51. The van der Waals surface area contributed by atoms with Gasteiger partial charge < -0.3 is 15.7 Å². The number of amides is 2. The maximum atomic E-state index is 12.0. The molecular weight excluding hydrogens is 294 g/mol. The van der Waals surface area contributed by atoms with E-state index < -0.39 is 11.9 Å². The number of hydrogen-bond donors (Lipinski definition) is 3. The minimum absolute atomic E-state index is 0.0741. The molecule has 0 saturated carbocycles. The molecule has 1 aromatic heterocycles. The molecule has 0 spiro atoms. The van der Waals surface area contributed by atoms with Crippen LogP contribution in [0.25, 0.3) is 0 Å². The van der Waals surface area contributed by atoms with Crippen molar-refractivity contribution < 1.29 is 19.5 Å². The Morgan fingerprint density at radius 2 is 2.00 bits per heavy atom. The van der Waals surface area contributed by atoms with Gasteiger partial charge in [0.05, 0.1) is 5.56 Å². The van der Waals surface area contributed by atoms with E-state index in [1.165, 1.54) is 30.5 Å². The van der Waals surface area contributed by atoms with Gasteiger partial charge in [0.2, 0.25) is 5.91 Å². The van der Waals surface area contributed by atoms with Crippen LogP contribution >= 0.6 is 11.3 Å². The molecule has 0 saturated heterocycles. The Balaban J connectivity index is 2.10. The van der Waals surface area contributed by atoms with Crippen LogP contribution in [0, 0.1) is 0 Å². The molecule has 1 aromatic carbocycles. The van der Waals surface area contributed by atoms with Gasteiger partial charge in [0.25, 0.3) is 5.91 Å². The normalized spacial score (nSPS) is 9.95. The maximum Gasteiger partial charge on any atom is 0.335 e. The zero-order chi connectivity index (χ0) is 15.4. The predicted octanol–water partition coefficient (Wildman–Crippen LogP) is 2.05. The Labute approximate surface area is 123 Å². The van der Waals surface area contributed by atoms with Crippen LogP contribution < -0.4 is 10.6 Å². The summed E-state index contributed by atoms with van der Waals surface area (Å²) in [4.78, 5) is 37.7. The summed E-state index contributed by atoms with van der Waals surface area (Å²) in [5, 5.41) is 15.7. The van der Waals surface area contributed by atoms with Gasteiger partial charge in [0, 0.05) is 18.0 Å². The van der Waals surface area contributed by atoms with Crippen LogP contribution in [0.1, 0.15) is 27.8 Å². The first-order valence-corrected chi connectivity index (χ1v) is 6.71. The van der Waals surface area contributed by atoms with Gasteiger partial charge in [-0.05, 0) is 18.2 Å². The molecular formula is C13H11N3O4S. The molecule has 2 rings (SSSR count). The molecule has 0 bridgehead atoms. The van der Waals surface area contributed by atoms with Gasteiger partial charge in [-0.15, -0.1) is 11.3 Å². The Morgan fingerprint density at radius 1 is 1.24 bits per heavy atom. The Morgan fingerprint density at radius 3 is 2.67 bits per heavy atom. The van der Waals surface area contributed by atoms with Crippen molar-refractivity contribution in [3.8, 4) is 0 Å². The summed E-state index contributed by atoms with van der Waals surface area (Å²) in [6.45, 7) is 1.35. The molecule has 108 valence electrons. The lowest BCUT2D eigenvalue weighted by Gasteiger charge is -2.04. The predicted molar refractivity (Wildman–Crippen MR) is 77.8 cm³/mol. The van der Waals surface area contributed by atoms with Crippen molar-refractivity contribution in [2.24, 2.45) is 0 Å². The van der Waals surface area contributed by atoms with Gasteiger partial charge in [-0.3, -0.25) is 9.59 Å². The van der Waals surface area contributed by atoms with Crippen molar-refractivity contribution in [2.75, 3.05) is 10.6 Å². The highest BCUT2D eigenvalue weighted by Gasteiger charge is 2.12. The third-order valence-corrected chi connectivity index (χ3v) is 3.14. The monoisotopic (exact) mass is 305 g/mol. The molecule has 1 heterocycles. The molecule has 2 amide bonds. The van der Waals surface area contributed by atoms with Crippen LogP contribution in [0.2, 0.25) is 0 Å². The lowest BCUT2D eigenvalue weighted by molar-refractivity contribution is -0.114. The molecule has 0 radical (unpaired) electrons. The van der Waals surface area contributed by atoms with E-state index in [1.54, 1.807) is 6.07 Å². The van der Waals surface area contributed by atoms with Crippen LogP contribution in [0.3, 0.4) is 0 Å². The number of benzene rings is 1. The number of aromatic carboxylic acids is 1. The molecule has 0 atom stereocenters. The zero-order valence-corrected chi connectivity index (χ0v) is 11.7. The molecule has 7 nitrogen and oxygen atoms in total. The number of carboxylic acid groups (broad SMARTS) is 1. The Kier molecular flexibility index (Phi) is 4.29. The standard InChI is InChI=1S/C13H11N3O4S/c1-7(17)14-13-16-10(6-21-13)11(18)15-9-4-2-3-8(5-9)12(19)20/h2-6H,1H3,(H,15,18)(H,19,20)(H,14,16,17). The summed E-state index contributed by atoms with van der Waals surface area (Å²) in [5.74, 6) is -1.83. The third-order valence-electron chi connectivity index (χ3n) is 2.39. The van der Waals surface area contributed by atoms with Crippen molar-refractivity contribution >= 4 is 39.9 Å². The SMILES string of the molecule is CC(=O)Nc1nc(C(=O)Nc2cccc(C(=O)O)c2)cs1. The zero-order valence-electron chi connectivity index (χ0n) is 10.9. The fraction of sp³-hybridized carbons (Fsp3) is 0.0769. The van der Waals surface area contributed by atoms with E-state index in [0.717, 1.165) is 11.3 Å². The Bertz CT molecular complexity index is 711. The van der Waals surface area contributed by atoms with Crippen LogP contribution in [0.4, 0.5) is 10.8 Å². The average Bonchev–Trinajstić information content (AvgIpc) is 2.86. The fourth-order valence-corrected chi connectivity index (χ4v) is 2.25. The van der Waals surface area contributed by atoms with Gasteiger partial charge in [-0.25, -0.2) is 9.78 Å². The van der Waals surface area contributed by atoms with Crippen molar-refractivity contribution in [3.05, 3.63) is 40.9 Å². The highest BCUT2D eigenvalue weighted by atomic mass is 32.1. The molecule has 3 N–H and O–H groups in total. The van der Waals surface area contributed by atoms with E-state index >= 15 is 0 Å². The number of thiazole rings is 1. The highest BCUT2D eigenvalue weighted by molar-refractivity contribution is 7.14. The van der Waals surface area contributed by atoms with Crippen LogP contribution in [0.15, 0.2) is 29.6 Å². The van der Waals surface area contributed by atoms with Crippen LogP contribution in [-0.2, 0) is 4.79 Å². The number of carboxylic acids is 1. The van der Waals surface area contributed by atoms with Crippen molar-refractivity contribution in [2.45, 2.75) is 6.92 Å². The molecule has 2 aromatic rings. The first kappa shape index (κ1) is 14.7. The number of carbonyl (C=O) groups excluding carboxylic acids is 2. The van der Waals surface area contributed by atoms with Crippen molar-refractivity contribution in [3.63, 3.8) is 0 Å². The number of anilines is 2. The lowest BCUT2D eigenvalue weighted by Crippen LogP contribution is -2.13. The van der Waals surface area contributed by atoms with Gasteiger partial charge >= 0.3 is 5.97 Å². The molecule has 0 fully saturated rings. The minimum Gasteiger partial charge on any atom is -0.478 e. The van der Waals surface area contributed by atoms with Crippen molar-refractivity contribution in [1.29, 1.82) is 0 Å². The second-order valence-electron chi connectivity index (χ2n) is 4.06. The number of rotatable bonds is 4. The van der Waals surface area contributed by atoms with Gasteiger partial charge in [-0.2, -0.15) is 0 Å². The van der Waals surface area contributed by atoms with E-state index in [2.05, 4.69) is 15.6 Å². The number of hydrogen-bond acceptors (Lipinski definition) is 5. The summed E-state index contributed by atoms with van der Waals surface area (Å²) in [7, 11) is 0. The van der Waals surface area contributed by atoms with E-state index in [1.807, 2.05) is 0 Å². The van der Waals surface area contributed by atoms with Gasteiger partial charge in [0.15, 0.2) is 5.13 Å². The Hall–Kier alpha value is -2.74. The van der Waals surface area contributed by atoms with Gasteiger partial charge in [0.1, 0.15) is 5.69 Å². The van der Waals surface area contributed by atoms with E-state index in [0.29, 0.717) is 10.8 Å². The number of nitrogens with zero attached hydrogens (tertiary/aromatic N) is 1. The number of carbonyl (C=O) groups is 3. The van der Waals surface area contributed by atoms with Gasteiger partial charge in [-0.1, -0.05) is 6.07 Å².